The van der Waals surface area contributed by atoms with Gasteiger partial charge in [0.1, 0.15) is 5.92 Å². The summed E-state index contributed by atoms with van der Waals surface area (Å²) < 4.78 is 9.61. The average molecular weight is 242 g/mol. The summed E-state index contributed by atoms with van der Waals surface area (Å²) in [5.41, 5.74) is 0. The normalized spacial score (nSPS) is 23.5. The maximum atomic E-state index is 11.9. The van der Waals surface area contributed by atoms with Crippen LogP contribution >= 0.6 is 0 Å². The lowest BCUT2D eigenvalue weighted by Crippen LogP contribution is -2.25. The molecule has 5 nitrogen and oxygen atoms in total. The molecule has 0 aromatic carbocycles. The molecule has 1 saturated carbocycles. The molecule has 0 amide bonds. The number of ether oxygens (including phenoxy) is 2. The summed E-state index contributed by atoms with van der Waals surface area (Å²) in [6.45, 7) is 4.00. The fraction of sp³-hybridized carbons (Fsp3) is 0.750. The highest BCUT2D eigenvalue weighted by atomic mass is 16.5. The number of hydrogen-bond acceptors (Lipinski definition) is 5. The van der Waals surface area contributed by atoms with Gasteiger partial charge < -0.3 is 9.47 Å². The van der Waals surface area contributed by atoms with Gasteiger partial charge in [-0.2, -0.15) is 0 Å². The molecule has 1 aliphatic carbocycles. The molecule has 1 rings (SSSR count). The molecule has 96 valence electrons. The molecule has 0 aromatic rings. The first-order valence-electron chi connectivity index (χ1n) is 5.96. The van der Waals surface area contributed by atoms with Crippen molar-refractivity contribution in [1.82, 2.24) is 0 Å². The quantitative estimate of drug-likeness (QED) is 0.533. The number of carbonyl (C=O) groups excluding carboxylic acids is 3. The second kappa shape index (κ2) is 6.37. The van der Waals surface area contributed by atoms with Gasteiger partial charge >= 0.3 is 11.9 Å². The van der Waals surface area contributed by atoms with E-state index in [-0.39, 0.29) is 30.7 Å². The molecule has 0 aromatic heterocycles. The molecule has 5 heteroatoms. The average Bonchev–Trinajstić information content (AvgIpc) is 2.61. The number of ketones is 1. The largest absolute Gasteiger partial charge is 0.466 e. The molecule has 2 unspecified atom stereocenters. The van der Waals surface area contributed by atoms with Crippen LogP contribution in [0.5, 0.6) is 0 Å². The SMILES string of the molecule is CCOC(=O)CC1CCC(C(=O)OCC)C1=O. The Hall–Kier alpha value is -1.39. The molecule has 17 heavy (non-hydrogen) atoms. The Bertz CT molecular complexity index is 310. The van der Waals surface area contributed by atoms with Gasteiger partial charge in [0.05, 0.1) is 19.6 Å². The number of esters is 2. The maximum Gasteiger partial charge on any atom is 0.316 e. The van der Waals surface area contributed by atoms with Crippen molar-refractivity contribution < 1.29 is 23.9 Å². The highest BCUT2D eigenvalue weighted by molar-refractivity contribution is 6.02. The molecule has 0 heterocycles. The van der Waals surface area contributed by atoms with E-state index < -0.39 is 11.9 Å². The van der Waals surface area contributed by atoms with Gasteiger partial charge in [0, 0.05) is 5.92 Å². The summed E-state index contributed by atoms with van der Waals surface area (Å²) in [6.07, 6.45) is 1.10. The van der Waals surface area contributed by atoms with Crippen molar-refractivity contribution in [3.05, 3.63) is 0 Å². The molecular formula is C12H18O5. The number of carbonyl (C=O) groups is 3. The third kappa shape index (κ3) is 3.54. The molecule has 0 saturated heterocycles. The fourth-order valence-electron chi connectivity index (χ4n) is 2.04. The van der Waals surface area contributed by atoms with E-state index in [1.165, 1.54) is 0 Å². The van der Waals surface area contributed by atoms with Crippen molar-refractivity contribution in [1.29, 1.82) is 0 Å². The minimum absolute atomic E-state index is 0.0720. The number of hydrogen-bond donors (Lipinski definition) is 0. The maximum absolute atomic E-state index is 11.9. The van der Waals surface area contributed by atoms with Crippen molar-refractivity contribution in [2.75, 3.05) is 13.2 Å². The Morgan fingerprint density at radius 2 is 1.82 bits per heavy atom. The van der Waals surface area contributed by atoms with Gasteiger partial charge in [0.25, 0.3) is 0 Å². The topological polar surface area (TPSA) is 69.7 Å². The predicted molar refractivity (Wildman–Crippen MR) is 59.1 cm³/mol. The standard InChI is InChI=1S/C12H18O5/c1-3-16-10(13)7-8-5-6-9(11(8)14)12(15)17-4-2/h8-9H,3-7H2,1-2H3. The van der Waals surface area contributed by atoms with Crippen molar-refractivity contribution in [2.24, 2.45) is 11.8 Å². The van der Waals surface area contributed by atoms with Crippen LogP contribution in [0.2, 0.25) is 0 Å². The minimum Gasteiger partial charge on any atom is -0.466 e. The predicted octanol–water partition coefficient (Wildman–Crippen LogP) is 1.10. The van der Waals surface area contributed by atoms with E-state index in [0.717, 1.165) is 0 Å². The van der Waals surface area contributed by atoms with Gasteiger partial charge in [-0.05, 0) is 26.7 Å². The fourth-order valence-corrected chi connectivity index (χ4v) is 2.04. The van der Waals surface area contributed by atoms with E-state index in [9.17, 15) is 14.4 Å². The third-order valence-corrected chi connectivity index (χ3v) is 2.84. The van der Waals surface area contributed by atoms with Crippen LogP contribution in [0.1, 0.15) is 33.1 Å². The molecule has 1 fully saturated rings. The molecule has 0 radical (unpaired) electrons. The Morgan fingerprint density at radius 1 is 1.18 bits per heavy atom. The molecule has 1 aliphatic rings. The van der Waals surface area contributed by atoms with Gasteiger partial charge in [-0.3, -0.25) is 14.4 Å². The second-order valence-corrected chi connectivity index (χ2v) is 3.99. The molecular weight excluding hydrogens is 224 g/mol. The lowest BCUT2D eigenvalue weighted by atomic mass is 10.00. The van der Waals surface area contributed by atoms with Gasteiger partial charge in [0.15, 0.2) is 5.78 Å². The molecule has 0 N–H and O–H groups in total. The first kappa shape index (κ1) is 13.7. The lowest BCUT2D eigenvalue weighted by molar-refractivity contribution is -0.152. The zero-order valence-corrected chi connectivity index (χ0v) is 10.2. The summed E-state index contributed by atoms with van der Waals surface area (Å²) in [7, 11) is 0. The molecule has 0 bridgehead atoms. The van der Waals surface area contributed by atoms with E-state index in [1.807, 2.05) is 0 Å². The molecule has 0 aliphatic heterocycles. The summed E-state index contributed by atoms with van der Waals surface area (Å²) >= 11 is 0. The van der Waals surface area contributed by atoms with Crippen LogP contribution in [0.25, 0.3) is 0 Å². The zero-order chi connectivity index (χ0) is 12.8. The summed E-state index contributed by atoms with van der Waals surface area (Å²) in [4.78, 5) is 34.6. The van der Waals surface area contributed by atoms with Crippen LogP contribution in [-0.2, 0) is 23.9 Å². The van der Waals surface area contributed by atoms with Crippen molar-refractivity contribution in [3.8, 4) is 0 Å². The summed E-state index contributed by atoms with van der Waals surface area (Å²) in [5, 5.41) is 0. The van der Waals surface area contributed by atoms with Crippen LogP contribution in [0.15, 0.2) is 0 Å². The van der Waals surface area contributed by atoms with Gasteiger partial charge in [-0.15, -0.1) is 0 Å². The van der Waals surface area contributed by atoms with Gasteiger partial charge in [-0.1, -0.05) is 0 Å². The Balaban J connectivity index is 2.49. The first-order valence-corrected chi connectivity index (χ1v) is 5.96. The Kier molecular flexibility index (Phi) is 5.12. The summed E-state index contributed by atoms with van der Waals surface area (Å²) in [6, 6.07) is 0. The summed E-state index contributed by atoms with van der Waals surface area (Å²) in [5.74, 6) is -2.10. The molecule has 0 spiro atoms. The highest BCUT2D eigenvalue weighted by Crippen LogP contribution is 2.30. The smallest absolute Gasteiger partial charge is 0.316 e. The van der Waals surface area contributed by atoms with Crippen LogP contribution in [-0.4, -0.2) is 30.9 Å². The van der Waals surface area contributed by atoms with Crippen LogP contribution < -0.4 is 0 Å². The zero-order valence-electron chi connectivity index (χ0n) is 10.2. The van der Waals surface area contributed by atoms with E-state index in [2.05, 4.69) is 0 Å². The van der Waals surface area contributed by atoms with Crippen LogP contribution in [0.4, 0.5) is 0 Å². The van der Waals surface area contributed by atoms with E-state index >= 15 is 0 Å². The third-order valence-electron chi connectivity index (χ3n) is 2.84. The number of Topliss-reactive ketones (excluding diaryl/α,β-unsaturated/α-hetero) is 1. The Morgan fingerprint density at radius 3 is 2.41 bits per heavy atom. The van der Waals surface area contributed by atoms with E-state index in [0.29, 0.717) is 19.4 Å². The van der Waals surface area contributed by atoms with Crippen LogP contribution in [0.3, 0.4) is 0 Å². The van der Waals surface area contributed by atoms with Crippen molar-refractivity contribution >= 4 is 17.7 Å². The van der Waals surface area contributed by atoms with E-state index in [1.54, 1.807) is 13.8 Å². The van der Waals surface area contributed by atoms with Gasteiger partial charge in [-0.25, -0.2) is 0 Å². The highest BCUT2D eigenvalue weighted by Gasteiger charge is 2.40. The second-order valence-electron chi connectivity index (χ2n) is 3.99. The van der Waals surface area contributed by atoms with E-state index in [4.69, 9.17) is 9.47 Å². The monoisotopic (exact) mass is 242 g/mol. The minimum atomic E-state index is -0.686. The lowest BCUT2D eigenvalue weighted by Gasteiger charge is -2.09. The Labute approximate surface area is 100 Å². The number of rotatable bonds is 5. The first-order chi connectivity index (χ1) is 8.10. The van der Waals surface area contributed by atoms with Crippen LogP contribution in [0, 0.1) is 11.8 Å². The van der Waals surface area contributed by atoms with Crippen molar-refractivity contribution in [3.63, 3.8) is 0 Å². The molecule has 2 atom stereocenters. The van der Waals surface area contributed by atoms with Crippen molar-refractivity contribution in [2.45, 2.75) is 33.1 Å². The van der Waals surface area contributed by atoms with Gasteiger partial charge in [0.2, 0.25) is 0 Å².